The van der Waals surface area contributed by atoms with E-state index in [2.05, 4.69) is 19.5 Å². The van der Waals surface area contributed by atoms with Crippen molar-refractivity contribution in [2.75, 3.05) is 31.6 Å². The van der Waals surface area contributed by atoms with Gasteiger partial charge in [0.1, 0.15) is 22.1 Å². The molecule has 0 saturated carbocycles. The maximum atomic E-state index is 13.0. The number of carboxylic acid groups (broad SMARTS) is 1. The Morgan fingerprint density at radius 1 is 1.00 bits per heavy atom. The Hall–Kier alpha value is -4.02. The maximum absolute atomic E-state index is 13.0. The number of carboxylic acids is 1. The van der Waals surface area contributed by atoms with Crippen molar-refractivity contribution in [1.82, 2.24) is 0 Å². The molecule has 1 amide bonds. The summed E-state index contributed by atoms with van der Waals surface area (Å²) in [6.07, 6.45) is 0. The molecular formula is C20H20N4O14S3. The lowest BCUT2D eigenvalue weighted by molar-refractivity contribution is -0.130. The summed E-state index contributed by atoms with van der Waals surface area (Å²) in [7, 11) is -11.4. The predicted molar refractivity (Wildman–Crippen MR) is 136 cm³/mol. The number of anilines is 1. The van der Waals surface area contributed by atoms with Gasteiger partial charge in [-0.05, 0) is 24.3 Å². The maximum Gasteiger partial charge on any atom is 0.397 e. The number of hydrazone groups is 1. The van der Waals surface area contributed by atoms with Crippen LogP contribution in [0.15, 0.2) is 61.5 Å². The van der Waals surface area contributed by atoms with Crippen molar-refractivity contribution in [3.05, 3.63) is 36.4 Å². The van der Waals surface area contributed by atoms with E-state index >= 15 is 0 Å². The smallest absolute Gasteiger partial charge is 0.397 e. The van der Waals surface area contributed by atoms with Gasteiger partial charge >= 0.3 is 16.4 Å². The third-order valence-electron chi connectivity index (χ3n) is 5.17. The van der Waals surface area contributed by atoms with Crippen LogP contribution in [0.4, 0.5) is 11.4 Å². The number of carbonyl (C=O) groups is 2. The molecule has 0 saturated heterocycles. The zero-order valence-electron chi connectivity index (χ0n) is 20.8. The number of benzene rings is 2. The molecule has 21 heteroatoms. The van der Waals surface area contributed by atoms with Crippen molar-refractivity contribution in [3.8, 4) is 11.5 Å². The molecule has 18 nitrogen and oxygen atoms in total. The fourth-order valence-corrected chi connectivity index (χ4v) is 5.44. The Balaban J connectivity index is 1.95. The van der Waals surface area contributed by atoms with Gasteiger partial charge in [0.05, 0.1) is 37.2 Å². The van der Waals surface area contributed by atoms with Crippen LogP contribution in [0.3, 0.4) is 0 Å². The molecule has 41 heavy (non-hydrogen) atoms. The summed E-state index contributed by atoms with van der Waals surface area (Å²) in [5.74, 6) is -4.03. The molecule has 1 unspecified atom stereocenters. The number of hydrogen-bond acceptors (Lipinski definition) is 14. The van der Waals surface area contributed by atoms with Gasteiger partial charge in [-0.25, -0.2) is 17.4 Å². The number of carbonyl (C=O) groups excluding carboxylic acids is 1. The standard InChI is InChI=1S/C20H20N4O14S3/c1-36-14-10-16(39(28,29)8-7-38-41(33,34)35)15(37-2)9-13(14)21-22-17-18(20(26)27)23-24(19(17)25)11-3-5-12(6-4-11)40(30,31)32/h3-6,9-10,17H,7-8H2,1-2H3,(H,26,27)(H,30,31,32)(H,33,34,35). The number of sulfone groups is 1. The average Bonchev–Trinajstić information content (AvgIpc) is 3.21. The number of ether oxygens (including phenoxy) is 2. The van der Waals surface area contributed by atoms with Crippen LogP contribution in [0.25, 0.3) is 0 Å². The van der Waals surface area contributed by atoms with Gasteiger partial charge in [-0.3, -0.25) is 13.9 Å². The van der Waals surface area contributed by atoms with Crippen LogP contribution < -0.4 is 14.5 Å². The number of nitrogens with zero attached hydrogens (tertiary/aromatic N) is 4. The molecule has 0 fully saturated rings. The summed E-state index contributed by atoms with van der Waals surface area (Å²) in [6.45, 7) is -0.912. The van der Waals surface area contributed by atoms with Crippen LogP contribution in [-0.4, -0.2) is 89.7 Å². The Kier molecular flexibility index (Phi) is 9.10. The van der Waals surface area contributed by atoms with E-state index in [9.17, 15) is 39.9 Å². The molecule has 3 rings (SSSR count). The first kappa shape index (κ1) is 31.5. The van der Waals surface area contributed by atoms with Gasteiger partial charge in [0.25, 0.3) is 16.0 Å². The Morgan fingerprint density at radius 3 is 2.12 bits per heavy atom. The molecule has 1 aliphatic rings. The van der Waals surface area contributed by atoms with Crippen LogP contribution in [0.2, 0.25) is 0 Å². The third-order valence-corrected chi connectivity index (χ3v) is 8.20. The minimum atomic E-state index is -4.89. The highest BCUT2D eigenvalue weighted by Gasteiger charge is 2.41. The van der Waals surface area contributed by atoms with Crippen molar-refractivity contribution >= 4 is 59.3 Å². The van der Waals surface area contributed by atoms with Gasteiger partial charge in [-0.15, -0.1) is 0 Å². The van der Waals surface area contributed by atoms with E-state index in [0.717, 1.165) is 50.6 Å². The number of rotatable bonds is 12. The third kappa shape index (κ3) is 7.39. The normalized spacial score (nSPS) is 16.2. The number of azo groups is 1. The van der Waals surface area contributed by atoms with Gasteiger partial charge in [-0.1, -0.05) is 0 Å². The zero-order valence-corrected chi connectivity index (χ0v) is 23.3. The summed E-state index contributed by atoms with van der Waals surface area (Å²) in [6, 6.07) is 4.33. The summed E-state index contributed by atoms with van der Waals surface area (Å²) in [5.41, 5.74) is -1.00. The summed E-state index contributed by atoms with van der Waals surface area (Å²) in [5, 5.41) is 21.5. The van der Waals surface area contributed by atoms with E-state index in [-0.39, 0.29) is 22.9 Å². The Bertz CT molecular complexity index is 1750. The van der Waals surface area contributed by atoms with Crippen molar-refractivity contribution in [2.24, 2.45) is 15.3 Å². The summed E-state index contributed by atoms with van der Waals surface area (Å²) in [4.78, 5) is 23.8. The second-order valence-corrected chi connectivity index (χ2v) is 12.4. The second kappa shape index (κ2) is 11.8. The lowest BCUT2D eigenvalue weighted by Gasteiger charge is -2.14. The van der Waals surface area contributed by atoms with Crippen molar-refractivity contribution in [3.63, 3.8) is 0 Å². The van der Waals surface area contributed by atoms with Gasteiger partial charge in [0.15, 0.2) is 15.5 Å². The van der Waals surface area contributed by atoms with Crippen LogP contribution >= 0.6 is 0 Å². The Morgan fingerprint density at radius 2 is 1.61 bits per heavy atom. The van der Waals surface area contributed by atoms with E-state index in [1.54, 1.807) is 0 Å². The molecule has 3 N–H and O–H groups in total. The quantitative estimate of drug-likeness (QED) is 0.211. The number of amides is 1. The SMILES string of the molecule is COc1cc(S(=O)(=O)CCOS(=O)(=O)O)c(OC)cc1N=NC1C(=O)N(c2ccc(S(=O)(=O)O)cc2)N=C1C(=O)O. The molecule has 0 bridgehead atoms. The molecule has 1 heterocycles. The van der Waals surface area contributed by atoms with Gasteiger partial charge in [0.2, 0.25) is 6.04 Å². The van der Waals surface area contributed by atoms with E-state index in [4.69, 9.17) is 18.6 Å². The molecule has 222 valence electrons. The first-order valence-electron chi connectivity index (χ1n) is 10.7. The van der Waals surface area contributed by atoms with E-state index in [1.165, 1.54) is 0 Å². The lowest BCUT2D eigenvalue weighted by atomic mass is 10.2. The monoisotopic (exact) mass is 636 g/mol. The molecule has 1 aliphatic heterocycles. The molecular weight excluding hydrogens is 616 g/mol. The minimum absolute atomic E-state index is 0.0503. The van der Waals surface area contributed by atoms with Gasteiger partial charge in [0, 0.05) is 12.1 Å². The second-order valence-electron chi connectivity index (χ2n) is 7.77. The lowest BCUT2D eigenvalue weighted by Crippen LogP contribution is -2.33. The van der Waals surface area contributed by atoms with Crippen LogP contribution in [0.5, 0.6) is 11.5 Å². The fourth-order valence-electron chi connectivity index (χ4n) is 3.31. The first-order chi connectivity index (χ1) is 19.0. The van der Waals surface area contributed by atoms with Gasteiger partial charge in [-0.2, -0.15) is 37.2 Å². The number of aliphatic carboxylic acids is 1. The minimum Gasteiger partial charge on any atom is -0.495 e. The first-order valence-corrected chi connectivity index (χ1v) is 15.2. The highest BCUT2D eigenvalue weighted by atomic mass is 32.3. The molecule has 0 spiro atoms. The molecule has 2 aromatic carbocycles. The van der Waals surface area contributed by atoms with Crippen molar-refractivity contribution in [2.45, 2.75) is 15.8 Å². The molecule has 0 radical (unpaired) electrons. The highest BCUT2D eigenvalue weighted by molar-refractivity contribution is 7.91. The van der Waals surface area contributed by atoms with Crippen LogP contribution in [0.1, 0.15) is 0 Å². The molecule has 1 atom stereocenters. The molecule has 0 aromatic heterocycles. The number of methoxy groups -OCH3 is 2. The Labute approximate surface area is 232 Å². The molecule has 2 aromatic rings. The van der Waals surface area contributed by atoms with E-state index in [1.807, 2.05) is 0 Å². The number of hydrogen-bond donors (Lipinski definition) is 3. The summed E-state index contributed by atoms with van der Waals surface area (Å²) >= 11 is 0. The predicted octanol–water partition coefficient (Wildman–Crippen LogP) is 0.483. The van der Waals surface area contributed by atoms with Crippen molar-refractivity contribution in [1.29, 1.82) is 0 Å². The molecule has 0 aliphatic carbocycles. The largest absolute Gasteiger partial charge is 0.495 e. The van der Waals surface area contributed by atoms with E-state index < -0.39 is 76.1 Å². The zero-order chi connectivity index (χ0) is 30.8. The van der Waals surface area contributed by atoms with Gasteiger partial charge < -0.3 is 14.6 Å². The fraction of sp³-hybridized carbons (Fsp3) is 0.250. The van der Waals surface area contributed by atoms with Crippen LogP contribution in [-0.2, 0) is 44.1 Å². The summed E-state index contributed by atoms with van der Waals surface area (Å²) < 4.78 is 101. The van der Waals surface area contributed by atoms with Crippen LogP contribution in [0, 0.1) is 0 Å². The topological polar surface area (TPSA) is 265 Å². The highest BCUT2D eigenvalue weighted by Crippen LogP contribution is 2.38. The van der Waals surface area contributed by atoms with Crippen molar-refractivity contribution < 1.29 is 62.7 Å². The average molecular weight is 637 g/mol. The van der Waals surface area contributed by atoms with E-state index in [0.29, 0.717) is 5.01 Å².